The Hall–Kier alpha value is -2.65. The maximum absolute atomic E-state index is 13.8. The van der Waals surface area contributed by atoms with Crippen molar-refractivity contribution in [1.82, 2.24) is 19.4 Å². The number of hydrogen-bond donors (Lipinski definition) is 0. The van der Waals surface area contributed by atoms with Crippen molar-refractivity contribution < 1.29 is 9.59 Å². The fourth-order valence-electron chi connectivity index (χ4n) is 4.73. The van der Waals surface area contributed by atoms with Crippen molar-refractivity contribution in [3.8, 4) is 5.69 Å². The summed E-state index contributed by atoms with van der Waals surface area (Å²) in [5.41, 5.74) is 1.65. The van der Waals surface area contributed by atoms with E-state index in [0.717, 1.165) is 42.1 Å². The maximum atomic E-state index is 13.8. The van der Waals surface area contributed by atoms with Crippen LogP contribution in [0.2, 0.25) is 0 Å². The van der Waals surface area contributed by atoms with Gasteiger partial charge in [-0.1, -0.05) is 42.8 Å². The molecule has 9 heteroatoms. The largest absolute Gasteiger partial charge is 0.342 e. The number of rotatable bonds is 4. The van der Waals surface area contributed by atoms with Gasteiger partial charge in [0.2, 0.25) is 11.8 Å². The molecule has 1 saturated heterocycles. The van der Waals surface area contributed by atoms with Gasteiger partial charge in [0.05, 0.1) is 23.4 Å². The number of amides is 2. The van der Waals surface area contributed by atoms with Crippen LogP contribution in [0.25, 0.3) is 15.9 Å². The lowest BCUT2D eigenvalue weighted by molar-refractivity contribution is -0.130. The number of fused-ring (bicyclic) bond motifs is 3. The molecule has 3 aromatic rings. The predicted octanol–water partition coefficient (Wildman–Crippen LogP) is 3.85. The average Bonchev–Trinajstić information content (AvgIpc) is 3.00. The highest BCUT2D eigenvalue weighted by Crippen LogP contribution is 2.34. The van der Waals surface area contributed by atoms with Crippen molar-refractivity contribution in [3.05, 3.63) is 51.1 Å². The summed E-state index contributed by atoms with van der Waals surface area (Å²) < 4.78 is 1.65. The third kappa shape index (κ3) is 4.51. The molecule has 2 aromatic heterocycles. The molecule has 4 heterocycles. The van der Waals surface area contributed by atoms with Crippen molar-refractivity contribution in [1.29, 1.82) is 0 Å². The van der Waals surface area contributed by atoms with Gasteiger partial charge in [0, 0.05) is 31.4 Å². The van der Waals surface area contributed by atoms with E-state index < -0.39 is 0 Å². The number of hydrogen-bond acceptors (Lipinski definition) is 6. The zero-order valence-electron chi connectivity index (χ0n) is 19.3. The number of carbonyl (C=O) groups is 2. The molecule has 1 aromatic carbocycles. The molecule has 1 fully saturated rings. The molecule has 0 bridgehead atoms. The van der Waals surface area contributed by atoms with Crippen molar-refractivity contribution >= 4 is 45.1 Å². The first kappa shape index (κ1) is 23.1. The first-order valence-electron chi connectivity index (χ1n) is 11.8. The Morgan fingerprint density at radius 2 is 1.76 bits per heavy atom. The van der Waals surface area contributed by atoms with E-state index in [4.69, 9.17) is 4.98 Å². The molecule has 5 rings (SSSR count). The standard InChI is InChI=1S/C25H28N4O3S2/c1-17(30)28-14-11-19-20(15-28)34-23-22(19)24(32)29(18-9-5-4-6-10-18)25(26-23)33-16-21(31)27-12-7-2-3-8-13-27/h4-6,9-10H,2-3,7-8,11-16H2,1H3. The Kier molecular flexibility index (Phi) is 6.74. The lowest BCUT2D eigenvalue weighted by Gasteiger charge is -2.25. The van der Waals surface area contributed by atoms with E-state index in [2.05, 4.69) is 0 Å². The van der Waals surface area contributed by atoms with Crippen LogP contribution in [0, 0.1) is 0 Å². The first-order valence-corrected chi connectivity index (χ1v) is 13.6. The summed E-state index contributed by atoms with van der Waals surface area (Å²) in [6.07, 6.45) is 5.10. The summed E-state index contributed by atoms with van der Waals surface area (Å²) >= 11 is 2.82. The van der Waals surface area contributed by atoms with Crippen LogP contribution in [0.3, 0.4) is 0 Å². The smallest absolute Gasteiger partial charge is 0.267 e. The molecule has 2 amide bonds. The summed E-state index contributed by atoms with van der Waals surface area (Å²) in [6, 6.07) is 9.50. The monoisotopic (exact) mass is 496 g/mol. The quantitative estimate of drug-likeness (QED) is 0.405. The van der Waals surface area contributed by atoms with Crippen molar-refractivity contribution in [2.45, 2.75) is 50.7 Å². The van der Waals surface area contributed by atoms with Crippen molar-refractivity contribution in [2.24, 2.45) is 0 Å². The van der Waals surface area contributed by atoms with Gasteiger partial charge in [-0.2, -0.15) is 0 Å². The molecular formula is C25H28N4O3S2. The third-order valence-electron chi connectivity index (χ3n) is 6.59. The van der Waals surface area contributed by atoms with Crippen molar-refractivity contribution in [2.75, 3.05) is 25.4 Å². The van der Waals surface area contributed by atoms with Crippen molar-refractivity contribution in [3.63, 3.8) is 0 Å². The molecule has 0 N–H and O–H groups in total. The highest BCUT2D eigenvalue weighted by atomic mass is 32.2. The SMILES string of the molecule is CC(=O)N1CCc2c(sc3nc(SCC(=O)N4CCCCCC4)n(-c4ccccc4)c(=O)c23)C1. The van der Waals surface area contributed by atoms with E-state index in [0.29, 0.717) is 34.9 Å². The van der Waals surface area contributed by atoms with Gasteiger partial charge in [-0.15, -0.1) is 11.3 Å². The first-order chi connectivity index (χ1) is 16.5. The number of thioether (sulfide) groups is 1. The average molecular weight is 497 g/mol. The van der Waals surface area contributed by atoms with Crippen LogP contribution in [-0.4, -0.2) is 56.6 Å². The number of carbonyl (C=O) groups excluding carboxylic acids is 2. The van der Waals surface area contributed by atoms with Gasteiger partial charge in [-0.3, -0.25) is 19.0 Å². The number of likely N-dealkylation sites (tertiary alicyclic amines) is 1. The maximum Gasteiger partial charge on any atom is 0.267 e. The zero-order chi connectivity index (χ0) is 23.7. The summed E-state index contributed by atoms with van der Waals surface area (Å²) in [4.78, 5) is 49.0. The number of nitrogens with zero attached hydrogens (tertiary/aromatic N) is 4. The molecule has 0 aliphatic carbocycles. The molecule has 178 valence electrons. The molecule has 0 atom stereocenters. The van der Waals surface area contributed by atoms with Gasteiger partial charge in [0.1, 0.15) is 4.83 Å². The van der Waals surface area contributed by atoms with Crippen LogP contribution in [-0.2, 0) is 22.6 Å². The second-order valence-electron chi connectivity index (χ2n) is 8.83. The number of thiophene rings is 1. The van der Waals surface area contributed by atoms with Gasteiger partial charge in [-0.05, 0) is 37.0 Å². The van der Waals surface area contributed by atoms with Gasteiger partial charge in [-0.25, -0.2) is 4.98 Å². The minimum Gasteiger partial charge on any atom is -0.342 e. The van der Waals surface area contributed by atoms with Crippen LogP contribution in [0.15, 0.2) is 40.3 Å². The summed E-state index contributed by atoms with van der Waals surface area (Å²) in [6.45, 7) is 4.32. The van der Waals surface area contributed by atoms with Crippen LogP contribution < -0.4 is 5.56 Å². The Morgan fingerprint density at radius 1 is 1.03 bits per heavy atom. The van der Waals surface area contributed by atoms with E-state index in [-0.39, 0.29) is 23.1 Å². The van der Waals surface area contributed by atoms with Crippen LogP contribution >= 0.6 is 23.1 Å². The Bertz CT molecular complexity index is 1280. The summed E-state index contributed by atoms with van der Waals surface area (Å²) in [7, 11) is 0. The molecule has 0 radical (unpaired) electrons. The lowest BCUT2D eigenvalue weighted by Crippen LogP contribution is -2.34. The molecule has 0 unspecified atom stereocenters. The Labute approximate surface area is 206 Å². The number of benzene rings is 1. The van der Waals surface area contributed by atoms with E-state index in [1.54, 1.807) is 11.5 Å². The van der Waals surface area contributed by atoms with Gasteiger partial charge >= 0.3 is 0 Å². The highest BCUT2D eigenvalue weighted by Gasteiger charge is 2.27. The molecule has 7 nitrogen and oxygen atoms in total. The highest BCUT2D eigenvalue weighted by molar-refractivity contribution is 7.99. The van der Waals surface area contributed by atoms with E-state index in [9.17, 15) is 14.4 Å². The van der Waals surface area contributed by atoms with Crippen LogP contribution in [0.5, 0.6) is 0 Å². The topological polar surface area (TPSA) is 75.5 Å². The minimum absolute atomic E-state index is 0.0426. The van der Waals surface area contributed by atoms with Crippen LogP contribution in [0.1, 0.15) is 43.0 Å². The predicted molar refractivity (Wildman–Crippen MR) is 136 cm³/mol. The minimum atomic E-state index is -0.102. The summed E-state index contributed by atoms with van der Waals surface area (Å²) in [5.74, 6) is 0.401. The van der Waals surface area contributed by atoms with Crippen LogP contribution in [0.4, 0.5) is 0 Å². The van der Waals surface area contributed by atoms with E-state index in [1.165, 1.54) is 35.9 Å². The summed E-state index contributed by atoms with van der Waals surface area (Å²) in [5, 5.41) is 1.18. The fraction of sp³-hybridized carbons (Fsp3) is 0.440. The fourth-order valence-corrected chi connectivity index (χ4v) is 6.92. The number of aromatic nitrogens is 2. The Morgan fingerprint density at radius 3 is 2.47 bits per heavy atom. The van der Waals surface area contributed by atoms with Gasteiger partial charge in [0.25, 0.3) is 5.56 Å². The molecule has 34 heavy (non-hydrogen) atoms. The second kappa shape index (κ2) is 9.92. The molecule has 0 spiro atoms. The third-order valence-corrected chi connectivity index (χ3v) is 8.62. The number of para-hydroxylation sites is 1. The molecular weight excluding hydrogens is 468 g/mol. The zero-order valence-corrected chi connectivity index (χ0v) is 20.9. The molecule has 2 aliphatic heterocycles. The lowest BCUT2D eigenvalue weighted by atomic mass is 10.1. The van der Waals surface area contributed by atoms with Gasteiger partial charge < -0.3 is 9.80 Å². The second-order valence-corrected chi connectivity index (χ2v) is 10.9. The van der Waals surface area contributed by atoms with E-state index >= 15 is 0 Å². The Balaban J connectivity index is 1.53. The van der Waals surface area contributed by atoms with Gasteiger partial charge in [0.15, 0.2) is 5.16 Å². The normalized spacial score (nSPS) is 16.4. The molecule has 2 aliphatic rings. The van der Waals surface area contributed by atoms with E-state index in [1.807, 2.05) is 40.1 Å². The molecule has 0 saturated carbocycles.